The molecular formula is C9H7ClF5NO2. The largest absolute Gasteiger partial charge is 0.574 e. The highest BCUT2D eigenvalue weighted by Gasteiger charge is 2.34. The lowest BCUT2D eigenvalue weighted by molar-refractivity contribution is -0.276. The number of ether oxygens (including phenoxy) is 1. The number of nitrogens with zero attached hydrogens (tertiary/aromatic N) is 1. The van der Waals surface area contributed by atoms with Crippen LogP contribution in [-0.4, -0.2) is 16.5 Å². The van der Waals surface area contributed by atoms with Crippen molar-refractivity contribution in [3.05, 3.63) is 22.9 Å². The van der Waals surface area contributed by atoms with Gasteiger partial charge in [0.2, 0.25) is 5.88 Å². The van der Waals surface area contributed by atoms with Crippen molar-refractivity contribution in [1.82, 2.24) is 4.98 Å². The van der Waals surface area contributed by atoms with Gasteiger partial charge in [0, 0.05) is 23.2 Å². The molecule has 0 aliphatic carbocycles. The summed E-state index contributed by atoms with van der Waals surface area (Å²) in [7, 11) is 0. The van der Waals surface area contributed by atoms with Gasteiger partial charge in [0.05, 0.1) is 6.61 Å². The molecule has 3 nitrogen and oxygen atoms in total. The van der Waals surface area contributed by atoms with Crippen molar-refractivity contribution < 1.29 is 31.8 Å². The standard InChI is InChI=1S/C9H7ClF5NO2/c10-1-4-2-16-8(18-9(13,14)15)5(3-17)6(4)7(11)12/h2,7,17H,1,3H2. The van der Waals surface area contributed by atoms with Gasteiger partial charge in [-0.1, -0.05) is 0 Å². The molecule has 9 heteroatoms. The molecule has 0 atom stereocenters. The minimum atomic E-state index is -5.08. The van der Waals surface area contributed by atoms with Crippen LogP contribution in [0.25, 0.3) is 0 Å². The number of rotatable bonds is 4. The molecule has 1 N–H and O–H groups in total. The van der Waals surface area contributed by atoms with Crippen LogP contribution in [0.15, 0.2) is 6.20 Å². The third-order valence-corrected chi connectivity index (χ3v) is 2.29. The van der Waals surface area contributed by atoms with E-state index in [1.807, 2.05) is 0 Å². The normalized spacial score (nSPS) is 12.0. The molecule has 0 saturated heterocycles. The number of alkyl halides is 6. The maximum atomic E-state index is 12.7. The van der Waals surface area contributed by atoms with Crippen LogP contribution < -0.4 is 4.74 Å². The Morgan fingerprint density at radius 3 is 2.39 bits per heavy atom. The first-order chi connectivity index (χ1) is 8.30. The molecule has 0 radical (unpaired) electrons. The lowest BCUT2D eigenvalue weighted by atomic mass is 10.1. The van der Waals surface area contributed by atoms with Crippen molar-refractivity contribution in [2.24, 2.45) is 0 Å². The van der Waals surface area contributed by atoms with E-state index in [-0.39, 0.29) is 11.4 Å². The number of pyridine rings is 1. The van der Waals surface area contributed by atoms with E-state index < -0.39 is 36.4 Å². The van der Waals surface area contributed by atoms with Crippen LogP contribution >= 0.6 is 11.6 Å². The van der Waals surface area contributed by atoms with Gasteiger partial charge in [-0.15, -0.1) is 24.8 Å². The Balaban J connectivity index is 3.33. The molecule has 0 spiro atoms. The molecule has 18 heavy (non-hydrogen) atoms. The average Bonchev–Trinajstić information content (AvgIpc) is 2.26. The Bertz CT molecular complexity index is 424. The summed E-state index contributed by atoms with van der Waals surface area (Å²) in [6.45, 7) is -1.07. The van der Waals surface area contributed by atoms with Crippen LogP contribution in [0.5, 0.6) is 5.88 Å². The lowest BCUT2D eigenvalue weighted by Gasteiger charge is -2.16. The number of aliphatic hydroxyl groups excluding tert-OH is 1. The van der Waals surface area contributed by atoms with E-state index in [2.05, 4.69) is 9.72 Å². The Morgan fingerprint density at radius 1 is 1.39 bits per heavy atom. The second-order valence-corrected chi connectivity index (χ2v) is 3.39. The fourth-order valence-electron chi connectivity index (χ4n) is 1.32. The van der Waals surface area contributed by atoms with E-state index >= 15 is 0 Å². The average molecular weight is 292 g/mol. The van der Waals surface area contributed by atoms with Crippen LogP contribution in [0.4, 0.5) is 22.0 Å². The second-order valence-electron chi connectivity index (χ2n) is 3.12. The summed E-state index contributed by atoms with van der Waals surface area (Å²) in [5.41, 5.74) is -1.67. The van der Waals surface area contributed by atoms with Gasteiger partial charge < -0.3 is 9.84 Å². The Hall–Kier alpha value is -1.15. The fraction of sp³-hybridized carbons (Fsp3) is 0.444. The zero-order valence-electron chi connectivity index (χ0n) is 8.64. The van der Waals surface area contributed by atoms with Crippen LogP contribution in [-0.2, 0) is 12.5 Å². The van der Waals surface area contributed by atoms with E-state index in [4.69, 9.17) is 16.7 Å². The summed E-state index contributed by atoms with van der Waals surface area (Å²) < 4.78 is 65.0. The predicted octanol–water partition coefficient (Wildman–Crippen LogP) is 3.15. The molecular weight excluding hydrogens is 285 g/mol. The summed E-state index contributed by atoms with van der Waals surface area (Å²) in [6.07, 6.45) is -7.42. The van der Waals surface area contributed by atoms with E-state index in [1.165, 1.54) is 0 Å². The molecule has 1 aromatic rings. The first-order valence-electron chi connectivity index (χ1n) is 4.51. The zero-order valence-corrected chi connectivity index (χ0v) is 9.40. The highest BCUT2D eigenvalue weighted by atomic mass is 35.5. The highest BCUT2D eigenvalue weighted by Crippen LogP contribution is 2.34. The number of hydrogen-bond donors (Lipinski definition) is 1. The molecule has 0 aliphatic rings. The fourth-order valence-corrected chi connectivity index (χ4v) is 1.53. The summed E-state index contributed by atoms with van der Waals surface area (Å²) in [4.78, 5) is 3.23. The van der Waals surface area contributed by atoms with Crippen LogP contribution in [0.3, 0.4) is 0 Å². The lowest BCUT2D eigenvalue weighted by Crippen LogP contribution is -2.20. The molecule has 1 heterocycles. The maximum Gasteiger partial charge on any atom is 0.574 e. The molecule has 1 rings (SSSR count). The Morgan fingerprint density at radius 2 is 2.00 bits per heavy atom. The molecule has 102 valence electrons. The summed E-state index contributed by atoms with van der Waals surface area (Å²) >= 11 is 5.37. The minimum Gasteiger partial charge on any atom is -0.391 e. The van der Waals surface area contributed by atoms with E-state index in [0.29, 0.717) is 0 Å². The summed E-state index contributed by atoms with van der Waals surface area (Å²) in [6, 6.07) is 0. The third-order valence-electron chi connectivity index (χ3n) is 2.00. The molecule has 1 aromatic heterocycles. The van der Waals surface area contributed by atoms with Gasteiger partial charge in [0.15, 0.2) is 0 Å². The Kier molecular flexibility index (Phi) is 4.69. The topological polar surface area (TPSA) is 42.4 Å². The number of hydrogen-bond acceptors (Lipinski definition) is 3. The van der Waals surface area contributed by atoms with Crippen LogP contribution in [0.2, 0.25) is 0 Å². The zero-order chi connectivity index (χ0) is 13.9. The van der Waals surface area contributed by atoms with E-state index in [1.54, 1.807) is 0 Å². The van der Waals surface area contributed by atoms with E-state index in [9.17, 15) is 22.0 Å². The summed E-state index contributed by atoms with van der Waals surface area (Å²) in [5, 5.41) is 8.90. The molecule has 0 saturated carbocycles. The summed E-state index contributed by atoms with van der Waals surface area (Å²) in [5.74, 6) is -1.47. The quantitative estimate of drug-likeness (QED) is 0.684. The molecule has 0 fully saturated rings. The van der Waals surface area contributed by atoms with Crippen LogP contribution in [0.1, 0.15) is 23.1 Å². The van der Waals surface area contributed by atoms with Gasteiger partial charge in [-0.3, -0.25) is 0 Å². The van der Waals surface area contributed by atoms with Crippen molar-refractivity contribution in [2.75, 3.05) is 0 Å². The maximum absolute atomic E-state index is 12.7. The monoisotopic (exact) mass is 291 g/mol. The van der Waals surface area contributed by atoms with Gasteiger partial charge >= 0.3 is 6.36 Å². The molecule has 0 bridgehead atoms. The van der Waals surface area contributed by atoms with Crippen molar-refractivity contribution in [3.63, 3.8) is 0 Å². The predicted molar refractivity (Wildman–Crippen MR) is 51.4 cm³/mol. The van der Waals surface area contributed by atoms with Crippen molar-refractivity contribution in [2.45, 2.75) is 25.3 Å². The van der Waals surface area contributed by atoms with Crippen molar-refractivity contribution in [1.29, 1.82) is 0 Å². The highest BCUT2D eigenvalue weighted by molar-refractivity contribution is 6.17. The second kappa shape index (κ2) is 5.66. The third kappa shape index (κ3) is 3.42. The first-order valence-corrected chi connectivity index (χ1v) is 5.05. The number of aromatic nitrogens is 1. The van der Waals surface area contributed by atoms with Gasteiger partial charge in [-0.05, 0) is 5.56 Å². The van der Waals surface area contributed by atoms with Crippen molar-refractivity contribution >= 4 is 11.6 Å². The van der Waals surface area contributed by atoms with Crippen LogP contribution in [0, 0.1) is 0 Å². The molecule has 0 aliphatic heterocycles. The van der Waals surface area contributed by atoms with Gasteiger partial charge in [-0.2, -0.15) is 0 Å². The van der Waals surface area contributed by atoms with E-state index in [0.717, 1.165) is 6.20 Å². The van der Waals surface area contributed by atoms with Crippen molar-refractivity contribution in [3.8, 4) is 5.88 Å². The minimum absolute atomic E-state index is 0.162. The molecule has 0 aromatic carbocycles. The SMILES string of the molecule is OCc1c(OC(F)(F)F)ncc(CCl)c1C(F)F. The smallest absolute Gasteiger partial charge is 0.391 e. The Labute approximate surface area is 103 Å². The molecule has 0 amide bonds. The molecule has 0 unspecified atom stereocenters. The number of aliphatic hydroxyl groups is 1. The van der Waals surface area contributed by atoms with Gasteiger partial charge in [-0.25, -0.2) is 13.8 Å². The van der Waals surface area contributed by atoms with Gasteiger partial charge in [0.25, 0.3) is 6.43 Å². The number of halogens is 6. The van der Waals surface area contributed by atoms with Gasteiger partial charge in [0.1, 0.15) is 0 Å². The first kappa shape index (κ1) is 14.9.